The number of primary amides is 1. The molecule has 3 N–H and O–H groups in total. The van der Waals surface area contributed by atoms with Crippen LogP contribution in [0.3, 0.4) is 0 Å². The van der Waals surface area contributed by atoms with Gasteiger partial charge in [-0.2, -0.15) is 5.10 Å². The van der Waals surface area contributed by atoms with Crippen molar-refractivity contribution in [2.75, 3.05) is 10.8 Å². The molecule has 44 heavy (non-hydrogen) atoms. The van der Waals surface area contributed by atoms with Crippen LogP contribution in [0.4, 0.5) is 14.5 Å². The average molecular weight is 623 g/mol. The number of anilines is 1. The molecule has 0 spiro atoms. The Hall–Kier alpha value is -3.65. The first-order chi connectivity index (χ1) is 20.8. The third kappa shape index (κ3) is 5.53. The van der Waals surface area contributed by atoms with E-state index >= 15 is 4.39 Å². The summed E-state index contributed by atoms with van der Waals surface area (Å²) < 4.78 is 66.7. The largest absolute Gasteiger partial charge is 0.497 e. The maximum atomic E-state index is 15.3. The van der Waals surface area contributed by atoms with Crippen molar-refractivity contribution >= 4 is 41.0 Å². The standard InChI is InChI=1S/C31H33BF2N4O5S/c1-30(2)31(3,4)43-32(42-30)23-12-5-18(15-24(23)34)13-14-38(44(40)41)26-17-37-25(16-22(26)19-6-7-19)27(29(35)39)28(36-37)20-8-10-21(33)11-9-20/h5,8-12,15-17,19H,6-7,13-14H2,1-4H3,(H2,35,39)(H,40,41). The summed E-state index contributed by atoms with van der Waals surface area (Å²) in [6, 6.07) is 12.1. The molecule has 2 aromatic heterocycles. The summed E-state index contributed by atoms with van der Waals surface area (Å²) in [5, 5.41) is 4.57. The third-order valence-corrected chi connectivity index (χ3v) is 9.55. The van der Waals surface area contributed by atoms with Crippen molar-refractivity contribution in [3.8, 4) is 11.3 Å². The molecule has 9 nitrogen and oxygen atoms in total. The van der Waals surface area contributed by atoms with Gasteiger partial charge in [-0.1, -0.05) is 12.1 Å². The predicted octanol–water partition coefficient (Wildman–Crippen LogP) is 4.74. The number of hydrogen-bond acceptors (Lipinski definition) is 5. The summed E-state index contributed by atoms with van der Waals surface area (Å²) in [4.78, 5) is 12.6. The number of nitrogens with two attached hydrogens (primary N) is 1. The number of fused-ring (bicyclic) bond motifs is 1. The molecule has 1 saturated heterocycles. The summed E-state index contributed by atoms with van der Waals surface area (Å²) in [5.74, 6) is -1.48. The number of amides is 1. The van der Waals surface area contributed by atoms with Gasteiger partial charge in [0.1, 0.15) is 17.3 Å². The fourth-order valence-corrected chi connectivity index (χ4v) is 6.05. The van der Waals surface area contributed by atoms with E-state index in [1.165, 1.54) is 39.2 Å². The van der Waals surface area contributed by atoms with Crippen LogP contribution in [0.5, 0.6) is 0 Å². The van der Waals surface area contributed by atoms with Gasteiger partial charge in [0.2, 0.25) is 0 Å². The highest BCUT2D eigenvalue weighted by molar-refractivity contribution is 7.80. The van der Waals surface area contributed by atoms with Gasteiger partial charge in [0.25, 0.3) is 17.2 Å². The SMILES string of the molecule is CC1(C)OB(c2ccc(CCN(c3cn4nc(-c5ccc(F)cc5)c(C(N)=O)c4cc3C3CC3)S(=O)O)cc2F)OC1(C)C. The van der Waals surface area contributed by atoms with Crippen LogP contribution in [0.2, 0.25) is 0 Å². The molecular weight excluding hydrogens is 589 g/mol. The van der Waals surface area contributed by atoms with E-state index < -0.39 is 47.1 Å². The van der Waals surface area contributed by atoms with E-state index in [2.05, 4.69) is 5.10 Å². The zero-order valence-electron chi connectivity index (χ0n) is 24.8. The molecule has 1 unspecified atom stereocenters. The Morgan fingerprint density at radius 3 is 2.34 bits per heavy atom. The lowest BCUT2D eigenvalue weighted by Crippen LogP contribution is -2.41. The number of halogens is 2. The van der Waals surface area contributed by atoms with Crippen LogP contribution in [-0.4, -0.2) is 49.1 Å². The molecule has 1 atom stereocenters. The van der Waals surface area contributed by atoms with E-state index in [9.17, 15) is 17.9 Å². The number of carbonyl (C=O) groups excluding carboxylic acids is 1. The first-order valence-electron chi connectivity index (χ1n) is 14.4. The highest BCUT2D eigenvalue weighted by Gasteiger charge is 2.52. The minimum absolute atomic E-state index is 0.0956. The molecule has 2 aromatic carbocycles. The van der Waals surface area contributed by atoms with E-state index in [1.807, 2.05) is 27.7 Å². The maximum Gasteiger partial charge on any atom is 0.497 e. The van der Waals surface area contributed by atoms with Crippen LogP contribution in [0.1, 0.15) is 67.9 Å². The smallest absolute Gasteiger partial charge is 0.399 e. The van der Waals surface area contributed by atoms with Gasteiger partial charge in [-0.3, -0.25) is 13.7 Å². The number of carbonyl (C=O) groups is 1. The van der Waals surface area contributed by atoms with Crippen LogP contribution in [0, 0.1) is 11.6 Å². The third-order valence-electron chi connectivity index (χ3n) is 8.79. The van der Waals surface area contributed by atoms with Crippen LogP contribution in [0.25, 0.3) is 16.8 Å². The van der Waals surface area contributed by atoms with Crippen LogP contribution < -0.4 is 15.5 Å². The van der Waals surface area contributed by atoms with Crippen molar-refractivity contribution < 1.29 is 31.6 Å². The highest BCUT2D eigenvalue weighted by Crippen LogP contribution is 2.46. The fraction of sp³-hybridized carbons (Fsp3) is 0.355. The van der Waals surface area contributed by atoms with Gasteiger partial charge in [0.05, 0.1) is 34.2 Å². The number of nitrogens with zero attached hydrogens (tertiary/aromatic N) is 3. The van der Waals surface area contributed by atoms with Gasteiger partial charge < -0.3 is 15.0 Å². The number of rotatable bonds is 9. The monoisotopic (exact) mass is 622 g/mol. The molecule has 13 heteroatoms. The van der Waals surface area contributed by atoms with Crippen molar-refractivity contribution in [3.63, 3.8) is 0 Å². The lowest BCUT2D eigenvalue weighted by molar-refractivity contribution is 0.00578. The topological polar surface area (TPSA) is 119 Å². The average Bonchev–Trinajstić information content (AvgIpc) is 3.67. The lowest BCUT2D eigenvalue weighted by atomic mass is 9.78. The molecule has 2 fully saturated rings. The molecule has 2 aliphatic rings. The van der Waals surface area contributed by atoms with Gasteiger partial charge in [-0.05, 0) is 100 Å². The van der Waals surface area contributed by atoms with E-state index in [-0.39, 0.29) is 35.6 Å². The summed E-state index contributed by atoms with van der Waals surface area (Å²) >= 11 is -2.42. The van der Waals surface area contributed by atoms with Crippen molar-refractivity contribution in [1.29, 1.82) is 0 Å². The second kappa shape index (κ2) is 11.1. The quantitative estimate of drug-likeness (QED) is 0.206. The Labute approximate surface area is 256 Å². The molecular formula is C31H33BF2N4O5S. The number of hydrogen-bond donors (Lipinski definition) is 2. The minimum atomic E-state index is -2.42. The lowest BCUT2D eigenvalue weighted by Gasteiger charge is -2.32. The Kier molecular flexibility index (Phi) is 7.64. The summed E-state index contributed by atoms with van der Waals surface area (Å²) in [6.45, 7) is 7.70. The van der Waals surface area contributed by atoms with E-state index in [1.54, 1.807) is 24.4 Å². The second-order valence-corrected chi connectivity index (χ2v) is 13.2. The van der Waals surface area contributed by atoms with Gasteiger partial charge in [-0.25, -0.2) is 17.5 Å². The summed E-state index contributed by atoms with van der Waals surface area (Å²) in [5.41, 5.74) is 8.14. The van der Waals surface area contributed by atoms with E-state index in [0.717, 1.165) is 18.4 Å². The Balaban J connectivity index is 1.31. The van der Waals surface area contributed by atoms with Crippen LogP contribution in [0.15, 0.2) is 54.7 Å². The molecule has 3 heterocycles. The Bertz CT molecular complexity index is 1780. The molecule has 0 radical (unpaired) electrons. The molecule has 6 rings (SSSR count). The number of pyridine rings is 1. The summed E-state index contributed by atoms with van der Waals surface area (Å²) in [7, 11) is -0.845. The van der Waals surface area contributed by atoms with Crippen molar-refractivity contribution in [2.24, 2.45) is 5.73 Å². The first-order valence-corrected chi connectivity index (χ1v) is 15.5. The predicted molar refractivity (Wildman–Crippen MR) is 165 cm³/mol. The Morgan fingerprint density at radius 1 is 1.11 bits per heavy atom. The second-order valence-electron chi connectivity index (χ2n) is 12.3. The van der Waals surface area contributed by atoms with E-state index in [0.29, 0.717) is 22.3 Å². The molecule has 4 aromatic rings. The zero-order valence-corrected chi connectivity index (χ0v) is 25.7. The normalized spacial score (nSPS) is 18.1. The van der Waals surface area contributed by atoms with Crippen LogP contribution in [-0.2, 0) is 27.0 Å². The molecule has 230 valence electrons. The minimum Gasteiger partial charge on any atom is -0.399 e. The fourth-order valence-electron chi connectivity index (χ4n) is 5.48. The highest BCUT2D eigenvalue weighted by atomic mass is 32.2. The molecule has 1 saturated carbocycles. The van der Waals surface area contributed by atoms with Gasteiger partial charge >= 0.3 is 7.12 Å². The Morgan fingerprint density at radius 2 is 1.77 bits per heavy atom. The van der Waals surface area contributed by atoms with Crippen molar-refractivity contribution in [3.05, 3.63) is 83.1 Å². The van der Waals surface area contributed by atoms with Crippen molar-refractivity contribution in [1.82, 2.24) is 9.61 Å². The molecule has 1 aliphatic heterocycles. The van der Waals surface area contributed by atoms with Crippen molar-refractivity contribution in [2.45, 2.75) is 64.1 Å². The van der Waals surface area contributed by atoms with Crippen LogP contribution >= 0.6 is 0 Å². The number of aromatic nitrogens is 2. The molecule has 1 aliphatic carbocycles. The molecule has 1 amide bonds. The number of benzene rings is 2. The van der Waals surface area contributed by atoms with Gasteiger partial charge in [0, 0.05) is 17.6 Å². The van der Waals surface area contributed by atoms with E-state index in [4.69, 9.17) is 15.0 Å². The first kappa shape index (κ1) is 30.4. The van der Waals surface area contributed by atoms with Gasteiger partial charge in [0.15, 0.2) is 0 Å². The van der Waals surface area contributed by atoms with Gasteiger partial charge in [-0.15, -0.1) is 0 Å². The maximum absolute atomic E-state index is 15.3. The summed E-state index contributed by atoms with van der Waals surface area (Å²) in [6.07, 6.45) is 3.64. The molecule has 0 bridgehead atoms. The zero-order chi connectivity index (χ0) is 31.6.